The van der Waals surface area contributed by atoms with E-state index in [4.69, 9.17) is 9.47 Å². The summed E-state index contributed by atoms with van der Waals surface area (Å²) in [4.78, 5) is 51.1. The SMILES string of the molecule is C=CCN(CCN1CCOCC1)C(=O)C1N(CCCCO)C(=O)[C@@H]2[C@H](C(=O)N(CC=C)c3ccc(OCC)cc3)[C@@H]3CCC12S3. The fourth-order valence-corrected chi connectivity index (χ4v) is 9.78. The summed E-state index contributed by atoms with van der Waals surface area (Å²) in [5, 5.41) is 9.46. The number of carbonyl (C=O) groups excluding carboxylic acids is 3. The maximum Gasteiger partial charge on any atom is 0.247 e. The molecule has 4 saturated heterocycles. The number of morpholine rings is 1. The van der Waals surface area contributed by atoms with Crippen molar-refractivity contribution in [3.63, 3.8) is 0 Å². The lowest BCUT2D eigenvalue weighted by Gasteiger charge is -2.38. The summed E-state index contributed by atoms with van der Waals surface area (Å²) in [6.45, 7) is 15.7. The highest BCUT2D eigenvalue weighted by atomic mass is 32.2. The number of fused-ring (bicyclic) bond motifs is 1. The van der Waals surface area contributed by atoms with E-state index in [1.54, 1.807) is 33.7 Å². The van der Waals surface area contributed by atoms with Crippen LogP contribution in [0.4, 0.5) is 5.69 Å². The predicted octanol–water partition coefficient (Wildman–Crippen LogP) is 2.81. The number of rotatable bonds is 16. The molecule has 4 aliphatic rings. The van der Waals surface area contributed by atoms with E-state index in [0.29, 0.717) is 65.3 Å². The molecule has 1 N–H and O–H groups in total. The molecule has 11 heteroatoms. The molecule has 3 amide bonds. The van der Waals surface area contributed by atoms with Crippen LogP contribution in [0.25, 0.3) is 0 Å². The van der Waals surface area contributed by atoms with Crippen LogP contribution >= 0.6 is 11.8 Å². The fourth-order valence-electron chi connectivity index (χ4n) is 7.58. The number of likely N-dealkylation sites (tertiary alicyclic amines) is 1. The molecule has 246 valence electrons. The average molecular weight is 641 g/mol. The number of amides is 3. The van der Waals surface area contributed by atoms with E-state index in [1.165, 1.54) is 0 Å². The van der Waals surface area contributed by atoms with Crippen molar-refractivity contribution in [1.29, 1.82) is 0 Å². The maximum atomic E-state index is 14.6. The Labute approximate surface area is 271 Å². The Kier molecular flexibility index (Phi) is 11.3. The fraction of sp³-hybridized carbons (Fsp3) is 0.618. The van der Waals surface area contributed by atoms with Gasteiger partial charge in [-0.15, -0.1) is 24.9 Å². The number of aliphatic hydroxyl groups is 1. The molecule has 4 heterocycles. The number of hydrogen-bond acceptors (Lipinski definition) is 8. The summed E-state index contributed by atoms with van der Waals surface area (Å²) in [7, 11) is 0. The van der Waals surface area contributed by atoms with Crippen molar-refractivity contribution in [1.82, 2.24) is 14.7 Å². The second-order valence-corrected chi connectivity index (χ2v) is 13.8. The van der Waals surface area contributed by atoms with Gasteiger partial charge in [-0.05, 0) is 56.9 Å². The summed E-state index contributed by atoms with van der Waals surface area (Å²) < 4.78 is 10.4. The lowest BCUT2D eigenvalue weighted by atomic mass is 9.70. The number of carbonyl (C=O) groups is 3. The normalized spacial score (nSPS) is 27.3. The van der Waals surface area contributed by atoms with Gasteiger partial charge in [-0.1, -0.05) is 12.2 Å². The Morgan fingerprint density at radius 3 is 2.51 bits per heavy atom. The highest BCUT2D eigenvalue weighted by Crippen LogP contribution is 2.66. The van der Waals surface area contributed by atoms with Gasteiger partial charge in [0.25, 0.3) is 0 Å². The Hall–Kier alpha value is -2.86. The van der Waals surface area contributed by atoms with Gasteiger partial charge in [-0.3, -0.25) is 19.3 Å². The van der Waals surface area contributed by atoms with Gasteiger partial charge >= 0.3 is 0 Å². The molecule has 5 rings (SSSR count). The van der Waals surface area contributed by atoms with E-state index in [0.717, 1.165) is 37.5 Å². The molecular weight excluding hydrogens is 592 g/mol. The summed E-state index contributed by atoms with van der Waals surface area (Å²) in [6.07, 6.45) is 6.07. The first-order chi connectivity index (χ1) is 21.9. The van der Waals surface area contributed by atoms with E-state index in [1.807, 2.05) is 36.1 Å². The Balaban J connectivity index is 1.44. The van der Waals surface area contributed by atoms with Crippen molar-refractivity contribution in [2.45, 2.75) is 48.6 Å². The minimum Gasteiger partial charge on any atom is -0.494 e. The molecule has 2 unspecified atom stereocenters. The van der Waals surface area contributed by atoms with Gasteiger partial charge in [0.15, 0.2) is 0 Å². The topological polar surface area (TPSA) is 103 Å². The molecule has 1 aromatic carbocycles. The molecule has 0 aliphatic carbocycles. The standard InChI is InChI=1S/C34H48N4O6S/c1-4-15-36(19-18-35-20-23-43-24-21-35)33(42)30-34-14-13-27(45-34)28(29(34)32(41)38(30)17-7-8-22-39)31(40)37(16-5-2)25-9-11-26(12-10-25)44-6-3/h4-5,9-12,27-30,39H,1-2,6-8,13-24H2,3H3/t27-,28+,29-,30?,34?/m0/s1. The third kappa shape index (κ3) is 6.68. The minimum atomic E-state index is -0.671. The first-order valence-corrected chi connectivity index (χ1v) is 17.2. The summed E-state index contributed by atoms with van der Waals surface area (Å²) in [6, 6.07) is 6.78. The molecule has 0 radical (unpaired) electrons. The first-order valence-electron chi connectivity index (χ1n) is 16.3. The van der Waals surface area contributed by atoms with Crippen molar-refractivity contribution >= 4 is 35.2 Å². The zero-order valence-corrected chi connectivity index (χ0v) is 27.3. The minimum absolute atomic E-state index is 0.0217. The van der Waals surface area contributed by atoms with Gasteiger partial charge in [-0.2, -0.15) is 0 Å². The molecule has 4 aliphatic heterocycles. The first kappa shape index (κ1) is 33.5. The third-order valence-electron chi connectivity index (χ3n) is 9.61. The van der Waals surface area contributed by atoms with Gasteiger partial charge in [-0.25, -0.2) is 0 Å². The molecule has 2 bridgehead atoms. The van der Waals surface area contributed by atoms with Crippen molar-refractivity contribution in [3.8, 4) is 5.75 Å². The van der Waals surface area contributed by atoms with Crippen LogP contribution in [0.1, 0.15) is 32.6 Å². The summed E-state index contributed by atoms with van der Waals surface area (Å²) in [5.74, 6) is -0.686. The van der Waals surface area contributed by atoms with Crippen LogP contribution in [0.15, 0.2) is 49.6 Å². The number of anilines is 1. The van der Waals surface area contributed by atoms with E-state index < -0.39 is 22.6 Å². The zero-order chi connectivity index (χ0) is 32.0. The Morgan fingerprint density at radius 2 is 1.84 bits per heavy atom. The molecule has 4 fully saturated rings. The van der Waals surface area contributed by atoms with Gasteiger partial charge in [0.1, 0.15) is 11.8 Å². The summed E-state index contributed by atoms with van der Waals surface area (Å²) >= 11 is 1.69. The van der Waals surface area contributed by atoms with Gasteiger partial charge in [0, 0.05) is 63.4 Å². The second kappa shape index (κ2) is 15.2. The van der Waals surface area contributed by atoms with E-state index in [9.17, 15) is 19.5 Å². The van der Waals surface area contributed by atoms with Gasteiger partial charge < -0.3 is 29.3 Å². The molecule has 1 spiro atoms. The number of unbranched alkanes of at least 4 members (excludes halogenated alkanes) is 1. The smallest absolute Gasteiger partial charge is 0.247 e. The third-order valence-corrected chi connectivity index (χ3v) is 11.6. The molecule has 5 atom stereocenters. The lowest BCUT2D eigenvalue weighted by Crippen LogP contribution is -2.56. The van der Waals surface area contributed by atoms with Crippen molar-refractivity contribution in [2.24, 2.45) is 11.8 Å². The van der Waals surface area contributed by atoms with E-state index >= 15 is 0 Å². The van der Waals surface area contributed by atoms with Crippen LogP contribution in [-0.2, 0) is 19.1 Å². The highest BCUT2D eigenvalue weighted by Gasteiger charge is 2.74. The van der Waals surface area contributed by atoms with Crippen LogP contribution < -0.4 is 9.64 Å². The van der Waals surface area contributed by atoms with Gasteiger partial charge in [0.05, 0.1) is 36.4 Å². The maximum absolute atomic E-state index is 14.6. The van der Waals surface area contributed by atoms with E-state index in [2.05, 4.69) is 18.1 Å². The van der Waals surface area contributed by atoms with Crippen LogP contribution in [-0.4, -0.2) is 126 Å². The van der Waals surface area contributed by atoms with Gasteiger partial charge in [0.2, 0.25) is 17.7 Å². The van der Waals surface area contributed by atoms with Crippen LogP contribution in [0.2, 0.25) is 0 Å². The quantitative estimate of drug-likeness (QED) is 0.218. The highest BCUT2D eigenvalue weighted by molar-refractivity contribution is 8.02. The number of hydrogen-bond donors (Lipinski definition) is 1. The number of thioether (sulfide) groups is 1. The molecule has 0 aromatic heterocycles. The molecule has 1 aromatic rings. The molecule has 0 saturated carbocycles. The van der Waals surface area contributed by atoms with Crippen molar-refractivity contribution in [2.75, 3.05) is 77.1 Å². The van der Waals surface area contributed by atoms with E-state index in [-0.39, 0.29) is 29.6 Å². The monoisotopic (exact) mass is 640 g/mol. The second-order valence-electron chi connectivity index (χ2n) is 12.2. The number of aliphatic hydroxyl groups excluding tert-OH is 1. The molecule has 45 heavy (non-hydrogen) atoms. The molecular formula is C34H48N4O6S. The molecule has 10 nitrogen and oxygen atoms in total. The van der Waals surface area contributed by atoms with Crippen molar-refractivity contribution in [3.05, 3.63) is 49.6 Å². The van der Waals surface area contributed by atoms with Crippen LogP contribution in [0.5, 0.6) is 5.75 Å². The predicted molar refractivity (Wildman–Crippen MR) is 176 cm³/mol. The average Bonchev–Trinajstić information content (AvgIpc) is 3.70. The Morgan fingerprint density at radius 1 is 1.11 bits per heavy atom. The number of ether oxygens (including phenoxy) is 2. The van der Waals surface area contributed by atoms with Crippen molar-refractivity contribution < 1.29 is 29.0 Å². The number of benzene rings is 1. The summed E-state index contributed by atoms with van der Waals surface area (Å²) in [5.41, 5.74) is 0.725. The Bertz CT molecular complexity index is 1220. The lowest BCUT2D eigenvalue weighted by molar-refractivity contribution is -0.142. The van der Waals surface area contributed by atoms with Crippen LogP contribution in [0.3, 0.4) is 0 Å². The zero-order valence-electron chi connectivity index (χ0n) is 26.5. The number of nitrogens with zero attached hydrogens (tertiary/aromatic N) is 4. The largest absolute Gasteiger partial charge is 0.494 e. The van der Waals surface area contributed by atoms with Crippen LogP contribution in [0, 0.1) is 11.8 Å².